The molecule has 3 amide bonds. The molecule has 0 aliphatic carbocycles. The van der Waals surface area contributed by atoms with Crippen molar-refractivity contribution in [1.29, 1.82) is 0 Å². The van der Waals surface area contributed by atoms with Crippen LogP contribution < -0.4 is 26.0 Å². The molecule has 2 aromatic heterocycles. The fourth-order valence-corrected chi connectivity index (χ4v) is 4.58. The van der Waals surface area contributed by atoms with Gasteiger partial charge in [0.25, 0.3) is 11.8 Å². The summed E-state index contributed by atoms with van der Waals surface area (Å²) in [4.78, 5) is 52.0. The summed E-state index contributed by atoms with van der Waals surface area (Å²) in [5.74, 6) is -1.63. The lowest BCUT2D eigenvalue weighted by molar-refractivity contribution is 0.0938. The van der Waals surface area contributed by atoms with E-state index >= 15 is 0 Å². The molecule has 1 fully saturated rings. The molecule has 1 saturated heterocycles. The number of hydrogen-bond acceptors (Lipinski definition) is 10. The van der Waals surface area contributed by atoms with Crippen molar-refractivity contribution < 1.29 is 23.9 Å². The van der Waals surface area contributed by atoms with Crippen molar-refractivity contribution in [3.63, 3.8) is 0 Å². The Bertz CT molecular complexity index is 1250. The van der Waals surface area contributed by atoms with Crippen LogP contribution in [0.25, 0.3) is 0 Å². The van der Waals surface area contributed by atoms with Crippen molar-refractivity contribution >= 4 is 39.9 Å². The molecule has 37 heavy (non-hydrogen) atoms. The minimum absolute atomic E-state index is 0.0122. The third-order valence-electron chi connectivity index (χ3n) is 5.64. The second kappa shape index (κ2) is 12.2. The number of primary amides is 1. The van der Waals surface area contributed by atoms with Crippen molar-refractivity contribution in [2.24, 2.45) is 5.73 Å². The van der Waals surface area contributed by atoms with Crippen LogP contribution in [-0.2, 0) is 4.74 Å². The topological polar surface area (TPSA) is 162 Å². The Morgan fingerprint density at radius 1 is 1.16 bits per heavy atom. The highest BCUT2D eigenvalue weighted by molar-refractivity contribution is 7.14. The number of anilines is 2. The van der Waals surface area contributed by atoms with E-state index in [-0.39, 0.29) is 35.2 Å². The van der Waals surface area contributed by atoms with Crippen LogP contribution in [0.5, 0.6) is 6.01 Å². The van der Waals surface area contributed by atoms with E-state index in [9.17, 15) is 14.4 Å². The zero-order chi connectivity index (χ0) is 26.2. The largest absolute Gasteiger partial charge is 0.460 e. The van der Waals surface area contributed by atoms with Crippen LogP contribution in [-0.4, -0.2) is 72.1 Å². The normalized spacial score (nSPS) is 13.7. The van der Waals surface area contributed by atoms with Crippen LogP contribution in [0.15, 0.2) is 42.0 Å². The van der Waals surface area contributed by atoms with Crippen molar-refractivity contribution in [1.82, 2.24) is 20.3 Å². The maximum absolute atomic E-state index is 13.0. The molecule has 0 atom stereocenters. The van der Waals surface area contributed by atoms with Gasteiger partial charge in [0.1, 0.15) is 11.8 Å². The molecule has 4 rings (SSSR count). The van der Waals surface area contributed by atoms with E-state index in [2.05, 4.69) is 30.5 Å². The van der Waals surface area contributed by atoms with Crippen LogP contribution in [0.4, 0.5) is 10.8 Å². The highest BCUT2D eigenvalue weighted by Gasteiger charge is 2.24. The molecule has 1 aliphatic rings. The van der Waals surface area contributed by atoms with Gasteiger partial charge in [0.2, 0.25) is 5.91 Å². The first-order valence-corrected chi connectivity index (χ1v) is 12.5. The second-order valence-electron chi connectivity index (χ2n) is 8.18. The van der Waals surface area contributed by atoms with E-state index in [1.54, 1.807) is 23.8 Å². The van der Waals surface area contributed by atoms with E-state index in [1.807, 2.05) is 0 Å². The van der Waals surface area contributed by atoms with Crippen LogP contribution in [0.3, 0.4) is 0 Å². The minimum atomic E-state index is -0.682. The molecule has 1 aromatic carbocycles. The predicted octanol–water partition coefficient (Wildman–Crippen LogP) is 1.71. The number of aromatic nitrogens is 3. The molecule has 0 bridgehead atoms. The average molecular weight is 526 g/mol. The molecule has 0 unspecified atom stereocenters. The number of carbonyl (C=O) groups is 3. The van der Waals surface area contributed by atoms with Crippen molar-refractivity contribution in [3.8, 4) is 6.01 Å². The molecule has 194 valence electrons. The lowest BCUT2D eigenvalue weighted by Crippen LogP contribution is -2.38. The minimum Gasteiger partial charge on any atom is -0.460 e. The predicted molar refractivity (Wildman–Crippen MR) is 137 cm³/mol. The number of carbonyl (C=O) groups excluding carboxylic acids is 3. The van der Waals surface area contributed by atoms with Crippen molar-refractivity contribution in [3.05, 3.63) is 58.9 Å². The number of ether oxygens (including phenoxy) is 2. The van der Waals surface area contributed by atoms with Gasteiger partial charge in [-0.25, -0.2) is 15.0 Å². The Balaban J connectivity index is 1.39. The number of amides is 3. The van der Waals surface area contributed by atoms with Gasteiger partial charge in [-0.05, 0) is 24.3 Å². The van der Waals surface area contributed by atoms with E-state index in [1.165, 1.54) is 36.6 Å². The first-order chi connectivity index (χ1) is 17.9. The third-order valence-corrected chi connectivity index (χ3v) is 6.54. The van der Waals surface area contributed by atoms with Gasteiger partial charge in [0.05, 0.1) is 17.9 Å². The molecule has 4 N–H and O–H groups in total. The first-order valence-electron chi connectivity index (χ1n) is 11.6. The Morgan fingerprint density at radius 3 is 2.62 bits per heavy atom. The zero-order valence-electron chi connectivity index (χ0n) is 20.2. The Kier molecular flexibility index (Phi) is 8.59. The molecule has 3 aromatic rings. The number of hydrogen-bond donors (Lipinski definition) is 3. The van der Waals surface area contributed by atoms with Crippen LogP contribution >= 0.6 is 11.3 Å². The molecule has 1 aliphatic heterocycles. The SMILES string of the molecule is COCCNC(=O)c1cc(C(N)=O)ccc1NC(=O)c1csc(N2CCC(Oc3ncccn3)CC2)n1. The van der Waals surface area contributed by atoms with Gasteiger partial charge < -0.3 is 30.7 Å². The number of nitrogens with two attached hydrogens (primary N) is 1. The number of thiazole rings is 1. The van der Waals surface area contributed by atoms with Crippen molar-refractivity contribution in [2.75, 3.05) is 43.6 Å². The maximum atomic E-state index is 13.0. The molecule has 3 heterocycles. The molecule has 0 saturated carbocycles. The molecular formula is C24H27N7O5S. The Morgan fingerprint density at radius 2 is 1.92 bits per heavy atom. The summed E-state index contributed by atoms with van der Waals surface area (Å²) >= 11 is 1.36. The van der Waals surface area contributed by atoms with Gasteiger partial charge in [-0.15, -0.1) is 11.3 Å². The van der Waals surface area contributed by atoms with Gasteiger partial charge in [0.15, 0.2) is 5.13 Å². The second-order valence-corrected chi connectivity index (χ2v) is 9.01. The van der Waals surface area contributed by atoms with Gasteiger partial charge in [0, 0.05) is 62.9 Å². The Hall–Kier alpha value is -4.10. The summed E-state index contributed by atoms with van der Waals surface area (Å²) in [6.45, 7) is 2.01. The highest BCUT2D eigenvalue weighted by Crippen LogP contribution is 2.26. The average Bonchev–Trinajstić information content (AvgIpc) is 3.40. The van der Waals surface area contributed by atoms with Gasteiger partial charge in [-0.3, -0.25) is 14.4 Å². The lowest BCUT2D eigenvalue weighted by Gasteiger charge is -2.31. The number of benzene rings is 1. The standard InChI is InChI=1S/C24H27N7O5S/c1-35-12-9-26-21(33)17-13-15(20(25)32)3-4-18(17)29-22(34)19-14-37-24(30-19)31-10-5-16(6-11-31)36-23-27-7-2-8-28-23/h2-4,7-8,13-14,16H,5-6,9-12H2,1H3,(H2,25,32)(H,26,33)(H,29,34). The number of piperidine rings is 1. The molecule has 0 spiro atoms. The van der Waals surface area contributed by atoms with Crippen LogP contribution in [0.1, 0.15) is 44.0 Å². The number of rotatable bonds is 10. The molecule has 13 heteroatoms. The zero-order valence-corrected chi connectivity index (χ0v) is 21.0. The number of nitrogens with zero attached hydrogens (tertiary/aromatic N) is 4. The summed E-state index contributed by atoms with van der Waals surface area (Å²) in [5.41, 5.74) is 6.08. The lowest BCUT2D eigenvalue weighted by atomic mass is 10.1. The number of methoxy groups -OCH3 is 1. The fourth-order valence-electron chi connectivity index (χ4n) is 3.72. The van der Waals surface area contributed by atoms with E-state index in [0.717, 1.165) is 18.0 Å². The monoisotopic (exact) mass is 525 g/mol. The van der Waals surface area contributed by atoms with Gasteiger partial charge in [-0.1, -0.05) is 0 Å². The van der Waals surface area contributed by atoms with E-state index in [0.29, 0.717) is 25.7 Å². The quantitative estimate of drug-likeness (QED) is 0.335. The Labute approximate surface area is 217 Å². The summed E-state index contributed by atoms with van der Waals surface area (Å²) in [7, 11) is 1.52. The van der Waals surface area contributed by atoms with Crippen molar-refractivity contribution in [2.45, 2.75) is 18.9 Å². The molecule has 12 nitrogen and oxygen atoms in total. The summed E-state index contributed by atoms with van der Waals surface area (Å²) < 4.78 is 10.8. The van der Waals surface area contributed by atoms with E-state index in [4.69, 9.17) is 15.2 Å². The summed E-state index contributed by atoms with van der Waals surface area (Å²) in [6.07, 6.45) is 4.84. The first kappa shape index (κ1) is 26.0. The van der Waals surface area contributed by atoms with Crippen LogP contribution in [0.2, 0.25) is 0 Å². The molecule has 0 radical (unpaired) electrons. The van der Waals surface area contributed by atoms with Crippen LogP contribution in [0, 0.1) is 0 Å². The maximum Gasteiger partial charge on any atom is 0.316 e. The van der Waals surface area contributed by atoms with Gasteiger partial charge >= 0.3 is 6.01 Å². The fraction of sp³-hybridized carbons (Fsp3) is 0.333. The van der Waals surface area contributed by atoms with Gasteiger partial charge in [-0.2, -0.15) is 0 Å². The molecular weight excluding hydrogens is 498 g/mol. The summed E-state index contributed by atoms with van der Waals surface area (Å²) in [6, 6.07) is 6.37. The van der Waals surface area contributed by atoms with E-state index < -0.39 is 17.7 Å². The number of nitrogens with one attached hydrogen (secondary N) is 2. The third kappa shape index (κ3) is 6.77. The smallest absolute Gasteiger partial charge is 0.316 e. The summed E-state index contributed by atoms with van der Waals surface area (Å²) in [5, 5.41) is 7.79. The highest BCUT2D eigenvalue weighted by atomic mass is 32.1.